The number of alkyl halides is 3. The van der Waals surface area contributed by atoms with Crippen LogP contribution >= 0.6 is 0 Å². The fraction of sp³-hybridized carbons (Fsp3) is 0.308. The summed E-state index contributed by atoms with van der Waals surface area (Å²) < 4.78 is 60.9. The number of halogens is 4. The van der Waals surface area contributed by atoms with E-state index >= 15 is 0 Å². The van der Waals surface area contributed by atoms with Crippen LogP contribution in [0.4, 0.5) is 35.0 Å². The number of carbonyl (C=O) groups is 2. The van der Waals surface area contributed by atoms with Crippen molar-refractivity contribution in [2.24, 2.45) is 0 Å². The first-order chi connectivity index (χ1) is 19.4. The van der Waals surface area contributed by atoms with E-state index in [1.165, 1.54) is 40.3 Å². The zero-order valence-electron chi connectivity index (χ0n) is 21.9. The van der Waals surface area contributed by atoms with Gasteiger partial charge in [0.1, 0.15) is 17.8 Å². The summed E-state index contributed by atoms with van der Waals surface area (Å²) in [6, 6.07) is 5.30. The third kappa shape index (κ3) is 6.02. The lowest BCUT2D eigenvalue weighted by Gasteiger charge is -2.14. The van der Waals surface area contributed by atoms with Crippen LogP contribution in [0.15, 0.2) is 53.6 Å². The first-order valence-electron chi connectivity index (χ1n) is 12.4. The lowest BCUT2D eigenvalue weighted by atomic mass is 10.0. The van der Waals surface area contributed by atoms with Gasteiger partial charge in [-0.25, -0.2) is 14.4 Å². The summed E-state index contributed by atoms with van der Waals surface area (Å²) in [5.74, 6) is -1.70. The van der Waals surface area contributed by atoms with Crippen LogP contribution in [0.1, 0.15) is 24.2 Å². The number of nitrogens with one attached hydrogen (secondary N) is 2. The highest BCUT2D eigenvalue weighted by molar-refractivity contribution is 5.91. The van der Waals surface area contributed by atoms with E-state index in [-0.39, 0.29) is 54.8 Å². The molecule has 2 amide bonds. The van der Waals surface area contributed by atoms with Gasteiger partial charge in [0.2, 0.25) is 17.8 Å². The van der Waals surface area contributed by atoms with Gasteiger partial charge in [0, 0.05) is 44.3 Å². The van der Waals surface area contributed by atoms with E-state index in [0.29, 0.717) is 16.8 Å². The molecule has 1 saturated carbocycles. The Morgan fingerprint density at radius 3 is 2.46 bits per heavy atom. The number of likely N-dealkylation sites (N-methyl/N-ethyl adjacent to an activating group) is 1. The van der Waals surface area contributed by atoms with Crippen molar-refractivity contribution in [2.75, 3.05) is 24.7 Å². The Morgan fingerprint density at radius 1 is 1.10 bits per heavy atom. The molecule has 3 heterocycles. The molecule has 11 nitrogen and oxygen atoms in total. The molecular weight excluding hydrogens is 548 g/mol. The molecule has 0 unspecified atom stereocenters. The van der Waals surface area contributed by atoms with E-state index in [1.54, 1.807) is 26.4 Å². The Kier molecular flexibility index (Phi) is 7.19. The van der Waals surface area contributed by atoms with E-state index in [2.05, 4.69) is 30.9 Å². The highest BCUT2D eigenvalue weighted by Gasteiger charge is 2.66. The van der Waals surface area contributed by atoms with Crippen LogP contribution in [0, 0.1) is 5.82 Å². The first kappa shape index (κ1) is 27.7. The maximum atomic E-state index is 14.8. The van der Waals surface area contributed by atoms with Gasteiger partial charge < -0.3 is 20.1 Å². The lowest BCUT2D eigenvalue weighted by molar-refractivity contribution is -0.165. The summed E-state index contributed by atoms with van der Waals surface area (Å²) in [5.41, 5.74) is -0.414. The monoisotopic (exact) mass is 572 g/mol. The van der Waals surface area contributed by atoms with E-state index in [9.17, 15) is 27.2 Å². The number of anilines is 3. The number of amides is 2. The smallest absolute Gasteiger partial charge is 0.358 e. The minimum Gasteiger partial charge on any atom is -0.358 e. The molecule has 1 aromatic carbocycles. The van der Waals surface area contributed by atoms with Gasteiger partial charge in [-0.05, 0) is 30.0 Å². The highest BCUT2D eigenvalue weighted by atomic mass is 19.4. The number of hydrogen-bond acceptors (Lipinski definition) is 8. The summed E-state index contributed by atoms with van der Waals surface area (Å²) in [5, 5.41) is 12.9. The van der Waals surface area contributed by atoms with Crippen molar-refractivity contribution in [3.8, 4) is 11.1 Å². The van der Waals surface area contributed by atoms with Crippen LogP contribution in [0.5, 0.6) is 0 Å². The van der Waals surface area contributed by atoms with Crippen molar-refractivity contribution in [2.45, 2.75) is 37.4 Å². The quantitative estimate of drug-likeness (QED) is 0.287. The van der Waals surface area contributed by atoms with Gasteiger partial charge in [-0.15, -0.1) is 0 Å². The number of rotatable bonds is 9. The minimum absolute atomic E-state index is 0.0767. The van der Waals surface area contributed by atoms with E-state index in [4.69, 9.17) is 4.52 Å². The van der Waals surface area contributed by atoms with Crippen molar-refractivity contribution >= 4 is 29.3 Å². The van der Waals surface area contributed by atoms with Crippen molar-refractivity contribution in [3.05, 3.63) is 66.2 Å². The van der Waals surface area contributed by atoms with Crippen LogP contribution in [0.25, 0.3) is 11.1 Å². The second-order valence-electron chi connectivity index (χ2n) is 9.82. The van der Waals surface area contributed by atoms with E-state index in [1.807, 2.05) is 0 Å². The molecule has 0 atom stereocenters. The van der Waals surface area contributed by atoms with Crippen LogP contribution < -0.4 is 10.6 Å². The topological polar surface area (TPSA) is 131 Å². The molecule has 3 aromatic heterocycles. The number of carbonyl (C=O) groups excluding carboxylic acids is 2. The highest BCUT2D eigenvalue weighted by Crippen LogP contribution is 2.59. The molecule has 0 radical (unpaired) electrons. The summed E-state index contributed by atoms with van der Waals surface area (Å²) in [6.45, 7) is 0.0848. The van der Waals surface area contributed by atoms with Crippen molar-refractivity contribution in [3.63, 3.8) is 0 Å². The van der Waals surface area contributed by atoms with Crippen LogP contribution in [-0.4, -0.2) is 61.9 Å². The molecule has 0 saturated heterocycles. The SMILES string of the molecule is CN(C)C(=O)Cn1cc(Nc2ncc(-c3ccc(CC(=O)Nc4cc(C5(C(F)(F)F)CC5)on4)c(F)c3)cn2)cn1. The van der Waals surface area contributed by atoms with Gasteiger partial charge in [-0.1, -0.05) is 17.3 Å². The Bertz CT molecular complexity index is 1580. The zero-order chi connectivity index (χ0) is 29.4. The van der Waals surface area contributed by atoms with Gasteiger partial charge >= 0.3 is 6.18 Å². The van der Waals surface area contributed by atoms with Crippen LogP contribution in [0.3, 0.4) is 0 Å². The van der Waals surface area contributed by atoms with Gasteiger partial charge in [-0.2, -0.15) is 18.3 Å². The molecular formula is C26H24F4N8O3. The molecule has 5 rings (SSSR count). The second kappa shape index (κ2) is 10.6. The summed E-state index contributed by atoms with van der Waals surface area (Å²) in [4.78, 5) is 34.1. The largest absolute Gasteiger partial charge is 0.401 e. The predicted molar refractivity (Wildman–Crippen MR) is 137 cm³/mol. The van der Waals surface area contributed by atoms with E-state index < -0.39 is 23.3 Å². The Labute approximate surface area is 230 Å². The van der Waals surface area contributed by atoms with Crippen molar-refractivity contribution < 1.29 is 31.7 Å². The molecule has 41 heavy (non-hydrogen) atoms. The fourth-order valence-electron chi connectivity index (χ4n) is 4.05. The lowest BCUT2D eigenvalue weighted by Crippen LogP contribution is -2.28. The molecule has 2 N–H and O–H groups in total. The molecule has 0 aliphatic heterocycles. The maximum absolute atomic E-state index is 14.8. The molecule has 1 aliphatic carbocycles. The molecule has 4 aromatic rings. The first-order valence-corrected chi connectivity index (χ1v) is 12.4. The minimum atomic E-state index is -4.47. The average molecular weight is 573 g/mol. The maximum Gasteiger partial charge on any atom is 0.401 e. The Morgan fingerprint density at radius 2 is 1.83 bits per heavy atom. The van der Waals surface area contributed by atoms with Crippen molar-refractivity contribution in [1.82, 2.24) is 29.8 Å². The molecule has 15 heteroatoms. The summed E-state index contributed by atoms with van der Waals surface area (Å²) in [7, 11) is 3.31. The molecule has 214 valence electrons. The third-order valence-electron chi connectivity index (χ3n) is 6.62. The number of hydrogen-bond donors (Lipinski definition) is 2. The zero-order valence-corrected chi connectivity index (χ0v) is 21.9. The number of nitrogens with zero attached hydrogens (tertiary/aromatic N) is 6. The second-order valence-corrected chi connectivity index (χ2v) is 9.82. The van der Waals surface area contributed by atoms with Gasteiger partial charge in [0.05, 0.1) is 18.3 Å². The number of aromatic nitrogens is 5. The van der Waals surface area contributed by atoms with Crippen LogP contribution in [0.2, 0.25) is 0 Å². The molecule has 1 fully saturated rings. The summed E-state index contributed by atoms with van der Waals surface area (Å²) >= 11 is 0. The Hall–Kier alpha value is -4.82. The number of benzene rings is 1. The normalized spacial score (nSPS) is 14.0. The average Bonchev–Trinajstić information content (AvgIpc) is 3.44. The van der Waals surface area contributed by atoms with Gasteiger partial charge in [0.15, 0.2) is 11.6 Å². The van der Waals surface area contributed by atoms with Crippen molar-refractivity contribution in [1.29, 1.82) is 0 Å². The molecule has 0 bridgehead atoms. The summed E-state index contributed by atoms with van der Waals surface area (Å²) in [6.07, 6.45) is 1.10. The third-order valence-corrected chi connectivity index (χ3v) is 6.62. The molecule has 0 spiro atoms. The van der Waals surface area contributed by atoms with Gasteiger partial charge in [-0.3, -0.25) is 14.3 Å². The van der Waals surface area contributed by atoms with E-state index in [0.717, 1.165) is 6.07 Å². The molecule has 1 aliphatic rings. The van der Waals surface area contributed by atoms with Gasteiger partial charge in [0.25, 0.3) is 0 Å². The predicted octanol–water partition coefficient (Wildman–Crippen LogP) is 4.07. The van der Waals surface area contributed by atoms with Crippen LogP contribution in [-0.2, 0) is 28.0 Å². The fourth-order valence-corrected chi connectivity index (χ4v) is 4.05. The Balaban J connectivity index is 1.18. The standard InChI is InChI=1S/C26H24F4N8O3/c1-37(2)23(40)14-38-13-18(12-33-38)34-24-31-10-17(11-32-24)15-3-4-16(19(27)7-15)8-22(39)35-21-9-20(41-36-21)25(5-6-25)26(28,29)30/h3-4,7,9-13H,5-6,8,14H2,1-2H3,(H,31,32,34)(H,35,36,39).